The van der Waals surface area contributed by atoms with Crippen molar-refractivity contribution in [2.75, 3.05) is 33.9 Å². The molecule has 24 heavy (non-hydrogen) atoms. The van der Waals surface area contributed by atoms with Gasteiger partial charge in [0.15, 0.2) is 0 Å². The average Bonchev–Trinajstić information content (AvgIpc) is 2.62. The number of urea groups is 1. The lowest BCUT2D eigenvalue weighted by atomic mass is 10.2. The van der Waals surface area contributed by atoms with Crippen LogP contribution in [0.25, 0.3) is 0 Å². The molecule has 7 heteroatoms. The Morgan fingerprint density at radius 1 is 1.17 bits per heavy atom. The Morgan fingerprint density at radius 3 is 2.71 bits per heavy atom. The molecule has 2 aromatic carbocycles. The SMILES string of the molecule is N#Cc1cccc(NC(=O)N(C=O)c2ccc3c(c2)NCCN3)c1. The van der Waals surface area contributed by atoms with Crippen LogP contribution in [0.2, 0.25) is 0 Å². The van der Waals surface area contributed by atoms with Crippen LogP contribution in [0.4, 0.5) is 27.5 Å². The number of hydrogen-bond acceptors (Lipinski definition) is 5. The van der Waals surface area contributed by atoms with Crippen LogP contribution in [0.15, 0.2) is 42.5 Å². The zero-order valence-corrected chi connectivity index (χ0v) is 12.7. The third-order valence-electron chi connectivity index (χ3n) is 3.60. The number of fused-ring (bicyclic) bond motifs is 1. The van der Waals surface area contributed by atoms with Gasteiger partial charge in [-0.3, -0.25) is 4.79 Å². The van der Waals surface area contributed by atoms with Gasteiger partial charge in [0.2, 0.25) is 6.41 Å². The van der Waals surface area contributed by atoms with E-state index in [1.54, 1.807) is 36.4 Å². The summed E-state index contributed by atoms with van der Waals surface area (Å²) in [7, 11) is 0. The first-order chi connectivity index (χ1) is 11.7. The number of hydrogen-bond donors (Lipinski definition) is 3. The quantitative estimate of drug-likeness (QED) is 0.755. The first-order valence-corrected chi connectivity index (χ1v) is 7.39. The van der Waals surface area contributed by atoms with E-state index in [9.17, 15) is 9.59 Å². The molecule has 0 saturated heterocycles. The number of benzene rings is 2. The Hall–Kier alpha value is -3.53. The van der Waals surface area contributed by atoms with Crippen LogP contribution in [-0.2, 0) is 4.79 Å². The smallest absolute Gasteiger partial charge is 0.332 e. The van der Waals surface area contributed by atoms with Gasteiger partial charge in [-0.25, -0.2) is 9.69 Å². The van der Waals surface area contributed by atoms with Gasteiger partial charge in [0.25, 0.3) is 0 Å². The van der Waals surface area contributed by atoms with Crippen LogP contribution in [0.3, 0.4) is 0 Å². The summed E-state index contributed by atoms with van der Waals surface area (Å²) in [5.41, 5.74) is 3.09. The van der Waals surface area contributed by atoms with Crippen LogP contribution < -0.4 is 20.9 Å². The van der Waals surface area contributed by atoms with Gasteiger partial charge in [-0.1, -0.05) is 6.07 Å². The summed E-state index contributed by atoms with van der Waals surface area (Å²) >= 11 is 0. The second-order valence-corrected chi connectivity index (χ2v) is 5.18. The summed E-state index contributed by atoms with van der Waals surface area (Å²) in [4.78, 5) is 24.8. The van der Waals surface area contributed by atoms with E-state index < -0.39 is 6.03 Å². The molecule has 0 bridgehead atoms. The molecule has 7 nitrogen and oxygen atoms in total. The molecule has 0 aromatic heterocycles. The highest BCUT2D eigenvalue weighted by Gasteiger charge is 2.18. The van der Waals surface area contributed by atoms with Gasteiger partial charge in [-0.05, 0) is 36.4 Å². The highest BCUT2D eigenvalue weighted by molar-refractivity contribution is 6.12. The van der Waals surface area contributed by atoms with E-state index in [2.05, 4.69) is 16.0 Å². The van der Waals surface area contributed by atoms with Crippen molar-refractivity contribution in [2.45, 2.75) is 0 Å². The maximum atomic E-state index is 12.4. The maximum absolute atomic E-state index is 12.4. The number of rotatable bonds is 3. The summed E-state index contributed by atoms with van der Waals surface area (Å²) in [6, 6.07) is 13.1. The molecule has 2 aromatic rings. The molecule has 0 radical (unpaired) electrons. The topological polar surface area (TPSA) is 97.3 Å². The van der Waals surface area contributed by atoms with Crippen molar-refractivity contribution >= 4 is 35.2 Å². The number of nitrogens with one attached hydrogen (secondary N) is 3. The number of nitriles is 1. The van der Waals surface area contributed by atoms with Crippen molar-refractivity contribution in [3.8, 4) is 6.07 Å². The van der Waals surface area contributed by atoms with Crippen LogP contribution >= 0.6 is 0 Å². The normalized spacial score (nSPS) is 12.0. The maximum Gasteiger partial charge on any atom is 0.332 e. The van der Waals surface area contributed by atoms with Crippen molar-refractivity contribution in [3.63, 3.8) is 0 Å². The molecule has 1 aliphatic rings. The molecular formula is C17H15N5O2. The summed E-state index contributed by atoms with van der Waals surface area (Å²) < 4.78 is 0. The fourth-order valence-electron chi connectivity index (χ4n) is 2.45. The summed E-state index contributed by atoms with van der Waals surface area (Å²) in [5.74, 6) is 0. The minimum Gasteiger partial charge on any atom is -0.382 e. The molecule has 0 atom stereocenters. The molecule has 1 aliphatic heterocycles. The van der Waals surface area contributed by atoms with Crippen LogP contribution in [-0.4, -0.2) is 25.5 Å². The van der Waals surface area contributed by atoms with Crippen LogP contribution in [0, 0.1) is 11.3 Å². The molecule has 3 rings (SSSR count). The van der Waals surface area contributed by atoms with E-state index in [-0.39, 0.29) is 0 Å². The Balaban J connectivity index is 1.81. The van der Waals surface area contributed by atoms with Gasteiger partial charge in [-0.2, -0.15) is 5.26 Å². The molecule has 0 fully saturated rings. The summed E-state index contributed by atoms with van der Waals surface area (Å²) in [6.07, 6.45) is 0.460. The summed E-state index contributed by atoms with van der Waals surface area (Å²) in [5, 5.41) is 18.0. The molecule has 0 aliphatic carbocycles. The van der Waals surface area contributed by atoms with Crippen molar-refractivity contribution in [1.82, 2.24) is 0 Å². The van der Waals surface area contributed by atoms with E-state index in [1.807, 2.05) is 12.1 Å². The van der Waals surface area contributed by atoms with Crippen molar-refractivity contribution in [1.29, 1.82) is 5.26 Å². The predicted octanol–water partition coefficient (Wildman–Crippen LogP) is 2.59. The van der Waals surface area contributed by atoms with Gasteiger partial charge in [0.05, 0.1) is 28.7 Å². The second-order valence-electron chi connectivity index (χ2n) is 5.18. The number of carbonyl (C=O) groups excluding carboxylic acids is 2. The number of amides is 3. The first-order valence-electron chi connectivity index (χ1n) is 7.39. The van der Waals surface area contributed by atoms with Gasteiger partial charge < -0.3 is 16.0 Å². The zero-order valence-electron chi connectivity index (χ0n) is 12.7. The molecule has 3 amide bonds. The second kappa shape index (κ2) is 6.71. The Morgan fingerprint density at radius 2 is 1.96 bits per heavy atom. The van der Waals surface area contributed by atoms with Crippen molar-refractivity contribution in [3.05, 3.63) is 48.0 Å². The zero-order chi connectivity index (χ0) is 16.9. The molecule has 0 spiro atoms. The van der Waals surface area contributed by atoms with E-state index in [1.165, 1.54) is 0 Å². The van der Waals surface area contributed by atoms with Gasteiger partial charge in [-0.15, -0.1) is 0 Å². The predicted molar refractivity (Wildman–Crippen MR) is 92.1 cm³/mol. The highest BCUT2D eigenvalue weighted by atomic mass is 16.2. The Labute approximate surface area is 138 Å². The molecule has 0 unspecified atom stereocenters. The van der Waals surface area contributed by atoms with E-state index in [4.69, 9.17) is 5.26 Å². The monoisotopic (exact) mass is 321 g/mol. The molecular weight excluding hydrogens is 306 g/mol. The van der Waals surface area contributed by atoms with E-state index in [0.717, 1.165) is 29.4 Å². The number of anilines is 4. The van der Waals surface area contributed by atoms with Gasteiger partial charge in [0.1, 0.15) is 0 Å². The van der Waals surface area contributed by atoms with Crippen LogP contribution in [0.5, 0.6) is 0 Å². The van der Waals surface area contributed by atoms with E-state index in [0.29, 0.717) is 23.3 Å². The summed E-state index contributed by atoms with van der Waals surface area (Å²) in [6.45, 7) is 1.59. The lowest BCUT2D eigenvalue weighted by Crippen LogP contribution is -2.34. The molecule has 120 valence electrons. The van der Waals surface area contributed by atoms with Crippen molar-refractivity contribution < 1.29 is 9.59 Å². The van der Waals surface area contributed by atoms with Gasteiger partial charge in [0, 0.05) is 18.8 Å². The molecule has 0 saturated carbocycles. The Kier molecular flexibility index (Phi) is 4.29. The number of nitrogens with zero attached hydrogens (tertiary/aromatic N) is 2. The van der Waals surface area contributed by atoms with Gasteiger partial charge >= 0.3 is 6.03 Å². The average molecular weight is 321 g/mol. The number of imide groups is 1. The lowest BCUT2D eigenvalue weighted by molar-refractivity contribution is -0.106. The fourth-order valence-corrected chi connectivity index (χ4v) is 2.45. The fraction of sp³-hybridized carbons (Fsp3) is 0.118. The molecule has 1 heterocycles. The standard InChI is InChI=1S/C17H15N5O2/c18-10-12-2-1-3-13(8-12)21-17(24)22(11-23)14-4-5-15-16(9-14)20-7-6-19-15/h1-5,8-9,11,19-20H,6-7H2,(H,21,24). The highest BCUT2D eigenvalue weighted by Crippen LogP contribution is 2.29. The lowest BCUT2D eigenvalue weighted by Gasteiger charge is -2.23. The van der Waals surface area contributed by atoms with Crippen LogP contribution in [0.1, 0.15) is 5.56 Å². The van der Waals surface area contributed by atoms with E-state index >= 15 is 0 Å². The third-order valence-corrected chi connectivity index (χ3v) is 3.60. The third kappa shape index (κ3) is 3.13. The number of carbonyl (C=O) groups is 2. The Bertz CT molecular complexity index is 828. The minimum atomic E-state index is -0.594. The first kappa shape index (κ1) is 15.4. The minimum absolute atomic E-state index is 0.425. The van der Waals surface area contributed by atoms with Crippen molar-refractivity contribution in [2.24, 2.45) is 0 Å². The largest absolute Gasteiger partial charge is 0.382 e. The molecule has 3 N–H and O–H groups in total.